The Morgan fingerprint density at radius 2 is 0.653 bits per heavy atom. The van der Waals surface area contributed by atoms with E-state index in [-0.39, 0.29) is 96.4 Å². The van der Waals surface area contributed by atoms with Crippen molar-refractivity contribution in [3.63, 3.8) is 0 Å². The summed E-state index contributed by atoms with van der Waals surface area (Å²) in [4.78, 5) is 3.67. The fourth-order valence-electron chi connectivity index (χ4n) is 15.0. The Morgan fingerprint density at radius 1 is 0.317 bits per heavy atom. The Morgan fingerprint density at radius 3 is 1.00 bits per heavy atom. The van der Waals surface area contributed by atoms with E-state index in [1.807, 2.05) is 149 Å². The van der Waals surface area contributed by atoms with Gasteiger partial charge in [0.05, 0.1) is 58.3 Å². The number of anilines is 6. The van der Waals surface area contributed by atoms with Crippen LogP contribution in [0.1, 0.15) is 157 Å². The molecule has 12 aromatic carbocycles. The van der Waals surface area contributed by atoms with Gasteiger partial charge in [-0.15, -0.1) is 0 Å². The summed E-state index contributed by atoms with van der Waals surface area (Å²) in [6.45, 7) is 31.1. The van der Waals surface area contributed by atoms with E-state index in [2.05, 4.69) is 168 Å². The Balaban J connectivity index is 1.13. The highest BCUT2D eigenvalue weighted by Crippen LogP contribution is 2.50. The van der Waals surface area contributed by atoms with Crippen LogP contribution in [0.15, 0.2) is 242 Å². The summed E-state index contributed by atoms with van der Waals surface area (Å²) in [6, 6.07) is 61.6. The molecule has 0 radical (unpaired) electrons. The molecule has 0 atom stereocenters. The van der Waals surface area contributed by atoms with Gasteiger partial charge in [-0.2, -0.15) is 10.5 Å². The van der Waals surface area contributed by atoms with E-state index >= 15 is 0 Å². The summed E-state index contributed by atoms with van der Waals surface area (Å²) < 4.78 is 108. The molecule has 494 valence electrons. The minimum absolute atomic E-state index is 0.00808. The number of aromatic nitrogens is 2. The van der Waals surface area contributed by atoms with Gasteiger partial charge in [0.2, 0.25) is 0 Å². The van der Waals surface area contributed by atoms with Gasteiger partial charge >= 0.3 is 0 Å². The minimum Gasteiger partial charge on any atom is -0.311 e. The molecule has 2 aliphatic rings. The molecule has 4 heterocycles. The Labute approximate surface area is 610 Å². The lowest BCUT2D eigenvalue weighted by Crippen LogP contribution is -2.61. The maximum atomic E-state index is 11.6. The van der Waals surface area contributed by atoms with E-state index in [4.69, 9.17) is 0 Å². The number of rotatable bonds is 7. The van der Waals surface area contributed by atoms with Gasteiger partial charge in [-0.25, -0.2) is 0 Å². The normalized spacial score (nSPS) is 14.6. The van der Waals surface area contributed by atoms with Crippen molar-refractivity contribution in [2.24, 2.45) is 0 Å². The largest absolute Gasteiger partial charge is 0.311 e. The summed E-state index contributed by atoms with van der Waals surface area (Å²) in [7, 11) is 0. The standard InChI is InChI=1S/C94H85BN6/c1-90(2,3)66-26-24-25-58(43-66)65-50-87-89-88(51-65)99(72-40-36-62(57-97)84(55-72)101-81-33-22-18-29-75(81)76-30-19-23-34-82(76)101)86-49-60(64-46-69(93(10,11)12)53-70(47-64)94(13,14)15)38-42-78(86)95(89)77-41-37-59(63-44-67(91(4,5)6)52-68(45-63)92(7,8)9)48-85(77)98(87)71-39-35-61(56-96)83(54-71)100-79-31-20-16-27-73(79)74-28-17-21-32-80(74)100/h16-55H,1-15H3/i24D,25D,26D,35D,36D,39D,40D,43D,54D,55D. The monoisotopic (exact) mass is 1320 g/mol. The smallest absolute Gasteiger partial charge is 0.252 e. The Hall–Kier alpha value is -11.1. The molecule has 6 nitrogen and oxygen atoms in total. The SMILES string of the molecule is [2H]c1c([2H])c(-c2cc3c4c(c2)N(c2c([2H])c([2H])c(C#N)c(-n5c6ccccc6c6ccccc65)c2[2H])c2cc(-c5cc(C(C)(C)C)cc(C(C)(C)C)c5)ccc2B4c2ccc(-c4cc(C(C)(C)C)cc(C(C)(C)C)c4)cc2N3c2c([2H])c([2H])c(C#N)c(-n3c4ccccc4c4ccccc43)c2[2H])c([2H])c(C(C)(C)C)c1[2H]. The lowest BCUT2D eigenvalue weighted by molar-refractivity contribution is 0.568. The van der Waals surface area contributed by atoms with E-state index in [1.165, 1.54) is 0 Å². The van der Waals surface area contributed by atoms with Gasteiger partial charge in [-0.05, 0) is 189 Å². The van der Waals surface area contributed by atoms with Gasteiger partial charge in [0.1, 0.15) is 12.1 Å². The first-order chi connectivity index (χ1) is 52.3. The number of benzene rings is 12. The summed E-state index contributed by atoms with van der Waals surface area (Å²) in [6.07, 6.45) is 0. The lowest BCUT2D eigenvalue weighted by atomic mass is 9.33. The molecule has 0 bridgehead atoms. The van der Waals surface area contributed by atoms with E-state index in [0.717, 1.165) is 66.1 Å². The molecule has 0 aliphatic carbocycles. The second-order valence-electron chi connectivity index (χ2n) is 32.5. The zero-order valence-electron chi connectivity index (χ0n) is 70.1. The molecule has 14 aromatic rings. The summed E-state index contributed by atoms with van der Waals surface area (Å²) >= 11 is 0. The average molecular weight is 1320 g/mol. The first kappa shape index (κ1) is 53.8. The minimum atomic E-state index is -0.913. The molecule has 16 rings (SSSR count). The average Bonchev–Trinajstić information content (AvgIpc) is 1.09. The third-order valence-corrected chi connectivity index (χ3v) is 20.6. The van der Waals surface area contributed by atoms with Crippen molar-refractivity contribution in [1.82, 2.24) is 9.13 Å². The van der Waals surface area contributed by atoms with Crippen molar-refractivity contribution in [2.45, 2.75) is 131 Å². The molecule has 0 saturated heterocycles. The summed E-state index contributed by atoms with van der Waals surface area (Å²) in [5.41, 5.74) is 11.8. The predicted octanol–water partition coefficient (Wildman–Crippen LogP) is 23.2. The molecule has 0 fully saturated rings. The van der Waals surface area contributed by atoms with Crippen LogP contribution in [-0.2, 0) is 27.1 Å². The van der Waals surface area contributed by atoms with Crippen molar-refractivity contribution in [3.8, 4) is 56.9 Å². The molecular formula is C94H85BN6. The molecule has 101 heavy (non-hydrogen) atoms. The fourth-order valence-corrected chi connectivity index (χ4v) is 15.0. The first-order valence-electron chi connectivity index (χ1n) is 39.9. The number of para-hydroxylation sites is 4. The molecule has 0 unspecified atom stereocenters. The molecule has 0 saturated carbocycles. The van der Waals surface area contributed by atoms with Crippen LogP contribution < -0.4 is 26.2 Å². The highest BCUT2D eigenvalue weighted by molar-refractivity contribution is 7.00. The van der Waals surface area contributed by atoms with Gasteiger partial charge in [0.15, 0.2) is 0 Å². The van der Waals surface area contributed by atoms with Crippen LogP contribution in [-0.4, -0.2) is 15.8 Å². The zero-order valence-corrected chi connectivity index (χ0v) is 60.1. The van der Waals surface area contributed by atoms with Crippen LogP contribution in [0.25, 0.3) is 88.4 Å². The second kappa shape index (κ2) is 23.2. The number of hydrogen-bond donors (Lipinski definition) is 0. The van der Waals surface area contributed by atoms with Crippen molar-refractivity contribution >= 4 is 101 Å². The maximum Gasteiger partial charge on any atom is 0.252 e. The van der Waals surface area contributed by atoms with Crippen LogP contribution in [0.3, 0.4) is 0 Å². The summed E-state index contributed by atoms with van der Waals surface area (Å²) in [5.74, 6) is 0. The van der Waals surface area contributed by atoms with Crippen LogP contribution in [0, 0.1) is 22.7 Å². The fraction of sp³-hybridized carbons (Fsp3) is 0.213. The molecule has 7 heteroatoms. The van der Waals surface area contributed by atoms with Crippen molar-refractivity contribution in [1.29, 1.82) is 10.5 Å². The van der Waals surface area contributed by atoms with E-state index < -0.39 is 48.4 Å². The van der Waals surface area contributed by atoms with E-state index in [1.54, 1.807) is 0 Å². The molecule has 0 amide bonds. The van der Waals surface area contributed by atoms with Crippen molar-refractivity contribution in [3.05, 3.63) is 281 Å². The number of fused-ring (bicyclic) bond motifs is 10. The Kier molecular flexibility index (Phi) is 12.4. The quantitative estimate of drug-likeness (QED) is 0.149. The highest BCUT2D eigenvalue weighted by Gasteiger charge is 2.45. The van der Waals surface area contributed by atoms with Gasteiger partial charge in [-0.1, -0.05) is 261 Å². The molecule has 2 aromatic heterocycles. The molecule has 0 spiro atoms. The van der Waals surface area contributed by atoms with Crippen LogP contribution >= 0.6 is 0 Å². The zero-order chi connectivity index (χ0) is 79.3. The van der Waals surface area contributed by atoms with Crippen molar-refractivity contribution < 1.29 is 13.7 Å². The number of nitrogens with zero attached hydrogens (tertiary/aromatic N) is 6. The van der Waals surface area contributed by atoms with Gasteiger partial charge in [-0.3, -0.25) is 0 Å². The second-order valence-corrected chi connectivity index (χ2v) is 32.5. The highest BCUT2D eigenvalue weighted by atomic mass is 15.2. The third-order valence-electron chi connectivity index (χ3n) is 20.6. The Bertz CT molecular complexity index is 5980. The van der Waals surface area contributed by atoms with E-state index in [9.17, 15) is 24.2 Å². The lowest BCUT2D eigenvalue weighted by Gasteiger charge is -2.45. The topological polar surface area (TPSA) is 63.9 Å². The van der Waals surface area contributed by atoms with Crippen molar-refractivity contribution in [2.75, 3.05) is 9.80 Å². The van der Waals surface area contributed by atoms with Gasteiger partial charge < -0.3 is 18.9 Å². The van der Waals surface area contributed by atoms with E-state index in [0.29, 0.717) is 61.2 Å². The number of hydrogen-bond acceptors (Lipinski definition) is 4. The first-order valence-corrected chi connectivity index (χ1v) is 34.9. The third kappa shape index (κ3) is 10.8. The van der Waals surface area contributed by atoms with Crippen LogP contribution in [0.4, 0.5) is 34.1 Å². The molecule has 0 N–H and O–H groups in total. The molecule has 2 aliphatic heterocycles. The van der Waals surface area contributed by atoms with Gasteiger partial charge in [0.25, 0.3) is 6.71 Å². The molecular weight excluding hydrogens is 1220 g/mol. The maximum absolute atomic E-state index is 11.6. The predicted molar refractivity (Wildman–Crippen MR) is 428 cm³/mol. The van der Waals surface area contributed by atoms with Crippen LogP contribution in [0.2, 0.25) is 0 Å². The van der Waals surface area contributed by atoms with Crippen LogP contribution in [0.5, 0.6) is 0 Å². The van der Waals surface area contributed by atoms with Gasteiger partial charge in [0, 0.05) is 55.7 Å². The summed E-state index contributed by atoms with van der Waals surface area (Å²) in [5, 5.41) is 26.5. The number of nitriles is 2.